The number of Topliss-reactive ketones (excluding diaryl/α,β-unsaturated/α-hetero) is 1. The van der Waals surface area contributed by atoms with Gasteiger partial charge in [0.05, 0.1) is 18.2 Å². The molecule has 6 heteroatoms. The van der Waals surface area contributed by atoms with Crippen LogP contribution in [0.2, 0.25) is 0 Å². The number of anilines is 1. The van der Waals surface area contributed by atoms with Crippen LogP contribution in [0.25, 0.3) is 0 Å². The number of hydrogen-bond acceptors (Lipinski definition) is 5. The summed E-state index contributed by atoms with van der Waals surface area (Å²) in [7, 11) is 3.14. The Kier molecular flexibility index (Phi) is 6.60. The van der Waals surface area contributed by atoms with E-state index in [0.29, 0.717) is 17.0 Å². The van der Waals surface area contributed by atoms with Crippen molar-refractivity contribution < 1.29 is 23.9 Å². The fraction of sp³-hybridized carbons (Fsp3) is 0.125. The van der Waals surface area contributed by atoms with Crippen molar-refractivity contribution in [2.24, 2.45) is 0 Å². The van der Waals surface area contributed by atoms with Gasteiger partial charge in [-0.05, 0) is 36.4 Å². The molecule has 0 unspecified atom stereocenters. The summed E-state index contributed by atoms with van der Waals surface area (Å²) in [6.45, 7) is -0.441. The van der Waals surface area contributed by atoms with Crippen molar-refractivity contribution in [3.8, 4) is 5.75 Å². The first-order valence-electron chi connectivity index (χ1n) is 9.27. The Balaban J connectivity index is 1.74. The molecule has 0 aromatic heterocycles. The number of carbonyl (C=O) groups is 3. The van der Waals surface area contributed by atoms with Gasteiger partial charge in [-0.25, -0.2) is 4.79 Å². The lowest BCUT2D eigenvalue weighted by Crippen LogP contribution is -2.28. The van der Waals surface area contributed by atoms with E-state index in [1.165, 1.54) is 18.1 Å². The minimum Gasteiger partial charge on any atom is -0.497 e. The number of rotatable bonds is 7. The molecular formula is C24H21NO5. The summed E-state index contributed by atoms with van der Waals surface area (Å²) in [4.78, 5) is 39.4. The summed E-state index contributed by atoms with van der Waals surface area (Å²) in [5.41, 5.74) is 1.36. The molecule has 0 fully saturated rings. The molecule has 0 saturated carbocycles. The Morgan fingerprint density at radius 1 is 0.833 bits per heavy atom. The Morgan fingerprint density at radius 2 is 1.50 bits per heavy atom. The number of hydrogen-bond donors (Lipinski definition) is 0. The molecule has 0 atom stereocenters. The third-order valence-corrected chi connectivity index (χ3v) is 4.55. The summed E-state index contributed by atoms with van der Waals surface area (Å²) in [5.74, 6) is -0.927. The van der Waals surface area contributed by atoms with E-state index < -0.39 is 12.6 Å². The summed E-state index contributed by atoms with van der Waals surface area (Å²) in [5, 5.41) is 0. The molecule has 0 bridgehead atoms. The summed E-state index contributed by atoms with van der Waals surface area (Å²) >= 11 is 0. The lowest BCUT2D eigenvalue weighted by atomic mass is 10.1. The van der Waals surface area contributed by atoms with Crippen molar-refractivity contribution in [3.63, 3.8) is 0 Å². The molecule has 0 radical (unpaired) electrons. The van der Waals surface area contributed by atoms with Crippen molar-refractivity contribution in [3.05, 3.63) is 95.6 Å². The highest BCUT2D eigenvalue weighted by atomic mass is 16.5. The summed E-state index contributed by atoms with van der Waals surface area (Å²) in [6, 6.07) is 22.1. The lowest BCUT2D eigenvalue weighted by Gasteiger charge is -2.18. The Morgan fingerprint density at radius 3 is 2.20 bits per heavy atom. The molecule has 1 amide bonds. The van der Waals surface area contributed by atoms with Gasteiger partial charge >= 0.3 is 5.97 Å². The number of ether oxygens (including phenoxy) is 2. The zero-order valence-corrected chi connectivity index (χ0v) is 16.7. The van der Waals surface area contributed by atoms with E-state index in [2.05, 4.69) is 0 Å². The number of methoxy groups -OCH3 is 1. The predicted octanol–water partition coefficient (Wildman–Crippen LogP) is 4.01. The molecule has 152 valence electrons. The highest BCUT2D eigenvalue weighted by molar-refractivity contribution is 6.12. The topological polar surface area (TPSA) is 72.9 Å². The van der Waals surface area contributed by atoms with Gasteiger partial charge in [-0.15, -0.1) is 0 Å². The van der Waals surface area contributed by atoms with Gasteiger partial charge in [0, 0.05) is 18.3 Å². The van der Waals surface area contributed by atoms with Crippen LogP contribution in [-0.2, 0) is 4.74 Å². The smallest absolute Gasteiger partial charge is 0.339 e. The zero-order valence-electron chi connectivity index (χ0n) is 16.7. The highest BCUT2D eigenvalue weighted by Crippen LogP contribution is 2.19. The maximum Gasteiger partial charge on any atom is 0.339 e. The second-order valence-corrected chi connectivity index (χ2v) is 6.48. The van der Waals surface area contributed by atoms with Gasteiger partial charge in [0.1, 0.15) is 5.75 Å². The van der Waals surface area contributed by atoms with E-state index in [0.717, 1.165) is 0 Å². The molecule has 0 aliphatic rings. The van der Waals surface area contributed by atoms with Crippen molar-refractivity contribution in [1.29, 1.82) is 0 Å². The van der Waals surface area contributed by atoms with E-state index in [1.54, 1.807) is 61.6 Å². The van der Waals surface area contributed by atoms with Crippen LogP contribution in [0.3, 0.4) is 0 Å². The number of carbonyl (C=O) groups excluding carboxylic acids is 3. The molecule has 3 aromatic carbocycles. The van der Waals surface area contributed by atoms with Crippen molar-refractivity contribution in [2.45, 2.75) is 0 Å². The van der Waals surface area contributed by atoms with Crippen LogP contribution in [0.1, 0.15) is 31.1 Å². The highest BCUT2D eigenvalue weighted by Gasteiger charge is 2.22. The molecule has 3 aromatic rings. The van der Waals surface area contributed by atoms with Gasteiger partial charge in [0.15, 0.2) is 12.4 Å². The van der Waals surface area contributed by atoms with Crippen LogP contribution in [0, 0.1) is 0 Å². The van der Waals surface area contributed by atoms with E-state index in [-0.39, 0.29) is 22.8 Å². The molecule has 0 spiro atoms. The molecule has 0 heterocycles. The molecule has 6 nitrogen and oxygen atoms in total. The average Bonchev–Trinajstić information content (AvgIpc) is 2.81. The zero-order chi connectivity index (χ0) is 21.5. The van der Waals surface area contributed by atoms with Crippen molar-refractivity contribution in [2.75, 3.05) is 25.7 Å². The predicted molar refractivity (Wildman–Crippen MR) is 113 cm³/mol. The Hall–Kier alpha value is -3.93. The van der Waals surface area contributed by atoms with Gasteiger partial charge in [-0.3, -0.25) is 9.59 Å². The van der Waals surface area contributed by atoms with Crippen molar-refractivity contribution in [1.82, 2.24) is 0 Å². The summed E-state index contributed by atoms with van der Waals surface area (Å²) in [6.07, 6.45) is 0. The summed E-state index contributed by atoms with van der Waals surface area (Å²) < 4.78 is 10.3. The van der Waals surface area contributed by atoms with E-state index >= 15 is 0 Å². The van der Waals surface area contributed by atoms with Crippen LogP contribution in [0.4, 0.5) is 5.69 Å². The standard InChI is InChI=1S/C24H21NO5/c1-25(18-10-4-3-5-11-18)23(27)20-13-6-7-14-21(20)24(28)30-16-22(26)17-9-8-12-19(15-17)29-2/h3-15H,16H2,1-2H3. The minimum atomic E-state index is -0.739. The second-order valence-electron chi connectivity index (χ2n) is 6.48. The molecule has 3 rings (SSSR count). The third kappa shape index (κ3) is 4.72. The SMILES string of the molecule is COc1cccc(C(=O)COC(=O)c2ccccc2C(=O)N(C)c2ccccc2)c1. The van der Waals surface area contributed by atoms with E-state index in [4.69, 9.17) is 9.47 Å². The maximum absolute atomic E-state index is 12.9. The van der Waals surface area contributed by atoms with Crippen LogP contribution >= 0.6 is 0 Å². The number of esters is 1. The maximum atomic E-state index is 12.9. The monoisotopic (exact) mass is 403 g/mol. The number of amides is 1. The number of benzene rings is 3. The normalized spacial score (nSPS) is 10.2. The third-order valence-electron chi connectivity index (χ3n) is 4.55. The lowest BCUT2D eigenvalue weighted by molar-refractivity contribution is 0.0472. The Labute approximate surface area is 174 Å². The Bertz CT molecular complexity index is 1060. The van der Waals surface area contributed by atoms with Crippen molar-refractivity contribution >= 4 is 23.3 Å². The number of para-hydroxylation sites is 1. The average molecular weight is 403 g/mol. The molecule has 0 aliphatic carbocycles. The van der Waals surface area contributed by atoms with Gasteiger partial charge in [0.25, 0.3) is 5.91 Å². The van der Waals surface area contributed by atoms with E-state index in [9.17, 15) is 14.4 Å². The first kappa shape index (κ1) is 20.8. The van der Waals surface area contributed by atoms with Crippen LogP contribution in [0.15, 0.2) is 78.9 Å². The fourth-order valence-electron chi connectivity index (χ4n) is 2.89. The van der Waals surface area contributed by atoms with Gasteiger partial charge < -0.3 is 14.4 Å². The first-order valence-corrected chi connectivity index (χ1v) is 9.27. The molecular weight excluding hydrogens is 382 g/mol. The number of ketones is 1. The first-order chi connectivity index (χ1) is 14.5. The molecule has 0 aliphatic heterocycles. The molecule has 0 saturated heterocycles. The largest absolute Gasteiger partial charge is 0.497 e. The van der Waals surface area contributed by atoms with Crippen LogP contribution in [-0.4, -0.2) is 38.4 Å². The van der Waals surface area contributed by atoms with E-state index in [1.807, 2.05) is 18.2 Å². The van der Waals surface area contributed by atoms with Gasteiger partial charge in [0.2, 0.25) is 0 Å². The fourth-order valence-corrected chi connectivity index (χ4v) is 2.89. The van der Waals surface area contributed by atoms with Gasteiger partial charge in [-0.2, -0.15) is 0 Å². The minimum absolute atomic E-state index is 0.101. The second kappa shape index (κ2) is 9.52. The van der Waals surface area contributed by atoms with Crippen LogP contribution in [0.5, 0.6) is 5.75 Å². The van der Waals surface area contributed by atoms with Gasteiger partial charge in [-0.1, -0.05) is 42.5 Å². The quantitative estimate of drug-likeness (QED) is 0.440. The molecule has 30 heavy (non-hydrogen) atoms. The van der Waals surface area contributed by atoms with Crippen LogP contribution < -0.4 is 9.64 Å². The number of nitrogens with zero attached hydrogens (tertiary/aromatic N) is 1. The molecule has 0 N–H and O–H groups in total.